The van der Waals surface area contributed by atoms with Gasteiger partial charge in [-0.15, -0.1) is 11.3 Å². The fourth-order valence-corrected chi connectivity index (χ4v) is 5.66. The van der Waals surface area contributed by atoms with Gasteiger partial charge < -0.3 is 9.15 Å². The first kappa shape index (κ1) is 16.7. The van der Waals surface area contributed by atoms with Gasteiger partial charge in [0, 0.05) is 10.4 Å². The van der Waals surface area contributed by atoms with E-state index in [-0.39, 0.29) is 18.9 Å². The molecule has 0 aliphatic carbocycles. The fraction of sp³-hybridized carbons (Fsp3) is 0.167. The highest BCUT2D eigenvalue weighted by Crippen LogP contribution is 2.39. The number of hydrogen-bond acceptors (Lipinski definition) is 6. The predicted octanol–water partition coefficient (Wildman–Crippen LogP) is 3.78. The summed E-state index contributed by atoms with van der Waals surface area (Å²) < 4.78 is 38.9. The summed E-state index contributed by atoms with van der Waals surface area (Å²) in [5.41, 5.74) is 1.15. The Balaban J connectivity index is 1.80. The van der Waals surface area contributed by atoms with E-state index in [1.807, 2.05) is 13.0 Å². The molecular formula is C18H14N2O4S2. The van der Waals surface area contributed by atoms with Crippen LogP contribution in [0.1, 0.15) is 10.6 Å². The highest BCUT2D eigenvalue weighted by Gasteiger charge is 2.31. The molecule has 0 amide bonds. The van der Waals surface area contributed by atoms with Crippen molar-refractivity contribution in [2.24, 2.45) is 0 Å². The number of aryl methyl sites for hydroxylation is 1. The van der Waals surface area contributed by atoms with Crippen LogP contribution in [0.5, 0.6) is 5.75 Å². The van der Waals surface area contributed by atoms with E-state index in [1.54, 1.807) is 42.5 Å². The number of ether oxygens (including phenoxy) is 1. The largest absolute Gasteiger partial charge is 0.489 e. The average molecular weight is 386 g/mol. The van der Waals surface area contributed by atoms with Crippen molar-refractivity contribution >= 4 is 27.0 Å². The van der Waals surface area contributed by atoms with E-state index in [2.05, 4.69) is 0 Å². The molecule has 1 aromatic carbocycles. The number of fused-ring (bicyclic) bond motifs is 1. The Morgan fingerprint density at radius 1 is 1.19 bits per heavy atom. The summed E-state index contributed by atoms with van der Waals surface area (Å²) >= 11 is 1.24. The van der Waals surface area contributed by atoms with Crippen molar-refractivity contribution in [3.63, 3.8) is 0 Å². The van der Waals surface area contributed by atoms with Gasteiger partial charge in [0.25, 0.3) is 10.0 Å². The van der Waals surface area contributed by atoms with Gasteiger partial charge in [0.05, 0.1) is 12.2 Å². The molecule has 0 saturated carbocycles. The van der Waals surface area contributed by atoms with Gasteiger partial charge in [-0.25, -0.2) is 8.42 Å². The number of nitrogens with zero attached hydrogens (tertiary/aromatic N) is 2. The van der Waals surface area contributed by atoms with Crippen LogP contribution in [0.3, 0.4) is 0 Å². The monoisotopic (exact) mass is 386 g/mol. The molecular weight excluding hydrogens is 372 g/mol. The lowest BCUT2D eigenvalue weighted by Gasteiger charge is -2.30. The SMILES string of the molecule is Cc1ccc(S(=O)(=O)N2CCOc3ccc(-c4ccc(C#N)o4)cc32)s1. The van der Waals surface area contributed by atoms with Crippen LogP contribution < -0.4 is 9.04 Å². The van der Waals surface area contributed by atoms with E-state index >= 15 is 0 Å². The maximum atomic E-state index is 13.1. The molecule has 0 N–H and O–H groups in total. The number of sulfonamides is 1. The third-order valence-electron chi connectivity index (χ3n) is 4.04. The summed E-state index contributed by atoms with van der Waals surface area (Å²) in [4.78, 5) is 0.936. The van der Waals surface area contributed by atoms with Gasteiger partial charge in [0.1, 0.15) is 28.4 Å². The molecule has 3 heterocycles. The number of thiophene rings is 1. The Morgan fingerprint density at radius 2 is 2.04 bits per heavy atom. The van der Waals surface area contributed by atoms with Gasteiger partial charge in [-0.05, 0) is 49.4 Å². The van der Waals surface area contributed by atoms with Crippen molar-refractivity contribution in [1.29, 1.82) is 5.26 Å². The second kappa shape index (κ2) is 6.20. The van der Waals surface area contributed by atoms with Crippen LogP contribution in [-0.4, -0.2) is 21.6 Å². The van der Waals surface area contributed by atoms with Gasteiger partial charge in [0.15, 0.2) is 0 Å². The molecule has 6 nitrogen and oxygen atoms in total. The first-order valence-corrected chi connectivity index (χ1v) is 10.1. The molecule has 0 atom stereocenters. The van der Waals surface area contributed by atoms with E-state index in [9.17, 15) is 8.42 Å². The van der Waals surface area contributed by atoms with Crippen molar-refractivity contribution in [2.75, 3.05) is 17.5 Å². The molecule has 0 radical (unpaired) electrons. The van der Waals surface area contributed by atoms with Gasteiger partial charge in [-0.1, -0.05) is 0 Å². The molecule has 0 spiro atoms. The molecule has 0 saturated heterocycles. The maximum Gasteiger partial charge on any atom is 0.274 e. The molecule has 0 bridgehead atoms. The van der Waals surface area contributed by atoms with Crippen LogP contribution in [0.25, 0.3) is 11.3 Å². The van der Waals surface area contributed by atoms with E-state index in [0.717, 1.165) is 4.88 Å². The van der Waals surface area contributed by atoms with E-state index in [4.69, 9.17) is 14.4 Å². The van der Waals surface area contributed by atoms with Gasteiger partial charge in [-0.2, -0.15) is 5.26 Å². The molecule has 26 heavy (non-hydrogen) atoms. The maximum absolute atomic E-state index is 13.1. The van der Waals surface area contributed by atoms with Crippen LogP contribution in [-0.2, 0) is 10.0 Å². The number of nitriles is 1. The van der Waals surface area contributed by atoms with Crippen molar-refractivity contribution in [3.05, 3.63) is 53.1 Å². The quantitative estimate of drug-likeness (QED) is 0.684. The molecule has 1 aliphatic heterocycles. The van der Waals surface area contributed by atoms with Gasteiger partial charge in [-0.3, -0.25) is 4.31 Å². The number of anilines is 1. The average Bonchev–Trinajstić information content (AvgIpc) is 3.30. The lowest BCUT2D eigenvalue weighted by Crippen LogP contribution is -2.37. The predicted molar refractivity (Wildman–Crippen MR) is 97.9 cm³/mol. The summed E-state index contributed by atoms with van der Waals surface area (Å²) in [6.07, 6.45) is 0. The third-order valence-corrected chi connectivity index (χ3v) is 7.32. The Bertz CT molecular complexity index is 1120. The summed E-state index contributed by atoms with van der Waals surface area (Å²) in [6.45, 7) is 2.39. The van der Waals surface area contributed by atoms with E-state index in [1.165, 1.54) is 15.6 Å². The fourth-order valence-electron chi connectivity index (χ4n) is 2.81. The Labute approximate surface area is 154 Å². The Kier molecular flexibility index (Phi) is 3.98. The normalized spacial score (nSPS) is 13.8. The lowest BCUT2D eigenvalue weighted by atomic mass is 10.1. The highest BCUT2D eigenvalue weighted by atomic mass is 32.2. The van der Waals surface area contributed by atoms with Gasteiger partial charge in [0.2, 0.25) is 5.76 Å². The standard InChI is InChI=1S/C18H14N2O4S2/c1-12-2-7-18(25-12)26(21,22)20-8-9-23-17-5-3-13(10-15(17)20)16-6-4-14(11-19)24-16/h2-7,10H,8-9H2,1H3. The molecule has 8 heteroatoms. The number of hydrogen-bond donors (Lipinski definition) is 0. The zero-order chi connectivity index (χ0) is 18.3. The number of furan rings is 1. The van der Waals surface area contributed by atoms with E-state index in [0.29, 0.717) is 27.0 Å². The summed E-state index contributed by atoms with van der Waals surface area (Å²) in [5, 5.41) is 8.92. The zero-order valence-electron chi connectivity index (χ0n) is 13.8. The van der Waals surface area contributed by atoms with Crippen LogP contribution in [0, 0.1) is 18.3 Å². The molecule has 2 aromatic heterocycles. The second-order valence-corrected chi connectivity index (χ2v) is 9.13. The third kappa shape index (κ3) is 2.75. The van der Waals surface area contributed by atoms with Crippen LogP contribution in [0.15, 0.2) is 51.1 Å². The summed E-state index contributed by atoms with van der Waals surface area (Å²) in [5.74, 6) is 1.20. The van der Waals surface area contributed by atoms with Crippen molar-refractivity contribution < 1.29 is 17.6 Å². The minimum Gasteiger partial charge on any atom is -0.489 e. The minimum absolute atomic E-state index is 0.201. The van der Waals surface area contributed by atoms with Crippen molar-refractivity contribution in [1.82, 2.24) is 0 Å². The minimum atomic E-state index is -3.66. The molecule has 4 rings (SSSR count). The highest BCUT2D eigenvalue weighted by molar-refractivity contribution is 7.94. The first-order chi connectivity index (χ1) is 12.5. The summed E-state index contributed by atoms with van der Waals surface area (Å²) in [6, 6.07) is 13.8. The Morgan fingerprint density at radius 3 is 2.73 bits per heavy atom. The van der Waals surface area contributed by atoms with Crippen LogP contribution >= 0.6 is 11.3 Å². The van der Waals surface area contributed by atoms with Gasteiger partial charge >= 0.3 is 0 Å². The molecule has 132 valence electrons. The number of benzene rings is 1. The van der Waals surface area contributed by atoms with E-state index < -0.39 is 10.0 Å². The van der Waals surface area contributed by atoms with Crippen LogP contribution in [0.4, 0.5) is 5.69 Å². The van der Waals surface area contributed by atoms with Crippen LogP contribution in [0.2, 0.25) is 0 Å². The molecule has 1 aliphatic rings. The zero-order valence-corrected chi connectivity index (χ0v) is 15.4. The second-order valence-electron chi connectivity index (χ2n) is 5.75. The Hall–Kier alpha value is -2.76. The summed E-state index contributed by atoms with van der Waals surface area (Å²) in [7, 11) is -3.66. The lowest BCUT2D eigenvalue weighted by molar-refractivity contribution is 0.316. The van der Waals surface area contributed by atoms with Crippen molar-refractivity contribution in [2.45, 2.75) is 11.1 Å². The topological polar surface area (TPSA) is 83.5 Å². The molecule has 0 unspecified atom stereocenters. The molecule has 0 fully saturated rings. The van der Waals surface area contributed by atoms with Crippen molar-refractivity contribution in [3.8, 4) is 23.1 Å². The smallest absolute Gasteiger partial charge is 0.274 e. The molecule has 3 aromatic rings. The first-order valence-electron chi connectivity index (χ1n) is 7.85. The number of rotatable bonds is 3.